The van der Waals surface area contributed by atoms with Crippen LogP contribution in [0.25, 0.3) is 0 Å². The first-order valence-electron chi connectivity index (χ1n) is 4.86. The summed E-state index contributed by atoms with van der Waals surface area (Å²) in [6.45, 7) is 0. The van der Waals surface area contributed by atoms with Crippen LogP contribution in [0.1, 0.15) is 5.56 Å². The van der Waals surface area contributed by atoms with Gasteiger partial charge in [-0.05, 0) is 35.9 Å². The van der Waals surface area contributed by atoms with Crippen LogP contribution in [0.3, 0.4) is 0 Å². The highest BCUT2D eigenvalue weighted by Gasteiger charge is 1.99. The third-order valence-electron chi connectivity index (χ3n) is 2.11. The van der Waals surface area contributed by atoms with Gasteiger partial charge in [-0.25, -0.2) is 4.39 Å². The lowest BCUT2D eigenvalue weighted by atomic mass is 10.2. The molecule has 0 aliphatic rings. The number of hydrogen-bond donors (Lipinski definition) is 0. The number of alkyl halides is 1. The summed E-state index contributed by atoms with van der Waals surface area (Å²) in [6, 6.07) is 14.5. The maximum Gasteiger partial charge on any atom is 0.124 e. The average molecular weight is 253 g/mol. The zero-order valence-electron chi connectivity index (χ0n) is 8.49. The van der Waals surface area contributed by atoms with E-state index >= 15 is 0 Å². The molecule has 0 atom stereocenters. The zero-order valence-corrected chi connectivity index (χ0v) is 10.1. The SMILES string of the molecule is Fc1cccc(Sc2ccc(CCl)cc2)c1. The van der Waals surface area contributed by atoms with Crippen molar-refractivity contribution in [3.05, 3.63) is 59.9 Å². The van der Waals surface area contributed by atoms with Crippen molar-refractivity contribution in [3.8, 4) is 0 Å². The second-order valence-electron chi connectivity index (χ2n) is 3.34. The van der Waals surface area contributed by atoms with Gasteiger partial charge >= 0.3 is 0 Å². The van der Waals surface area contributed by atoms with Gasteiger partial charge in [-0.1, -0.05) is 30.0 Å². The van der Waals surface area contributed by atoms with E-state index in [9.17, 15) is 4.39 Å². The number of rotatable bonds is 3. The second kappa shape index (κ2) is 5.37. The summed E-state index contributed by atoms with van der Waals surface area (Å²) in [4.78, 5) is 1.98. The number of halogens is 2. The monoisotopic (exact) mass is 252 g/mol. The van der Waals surface area contributed by atoms with E-state index in [1.165, 1.54) is 23.9 Å². The van der Waals surface area contributed by atoms with Crippen molar-refractivity contribution in [2.24, 2.45) is 0 Å². The fourth-order valence-corrected chi connectivity index (χ4v) is 2.35. The van der Waals surface area contributed by atoms with Gasteiger partial charge in [0, 0.05) is 15.7 Å². The highest BCUT2D eigenvalue weighted by molar-refractivity contribution is 7.99. The second-order valence-corrected chi connectivity index (χ2v) is 4.75. The van der Waals surface area contributed by atoms with Crippen LogP contribution in [-0.4, -0.2) is 0 Å². The molecule has 3 heteroatoms. The first-order valence-corrected chi connectivity index (χ1v) is 6.21. The predicted molar refractivity (Wildman–Crippen MR) is 66.5 cm³/mol. The van der Waals surface area contributed by atoms with E-state index in [-0.39, 0.29) is 5.82 Å². The minimum Gasteiger partial charge on any atom is -0.207 e. The highest BCUT2D eigenvalue weighted by atomic mass is 35.5. The van der Waals surface area contributed by atoms with Crippen molar-refractivity contribution >= 4 is 23.4 Å². The molecule has 2 aromatic carbocycles. The molecular formula is C13H10ClFS. The lowest BCUT2D eigenvalue weighted by Gasteiger charge is -2.02. The molecule has 16 heavy (non-hydrogen) atoms. The molecule has 0 nitrogen and oxygen atoms in total. The first kappa shape index (κ1) is 11.5. The van der Waals surface area contributed by atoms with Gasteiger partial charge < -0.3 is 0 Å². The third-order valence-corrected chi connectivity index (χ3v) is 3.42. The summed E-state index contributed by atoms with van der Waals surface area (Å²) in [5.41, 5.74) is 1.09. The van der Waals surface area contributed by atoms with E-state index in [0.717, 1.165) is 15.4 Å². The number of benzene rings is 2. The van der Waals surface area contributed by atoms with Crippen molar-refractivity contribution in [3.63, 3.8) is 0 Å². The Kier molecular flexibility index (Phi) is 3.86. The van der Waals surface area contributed by atoms with Gasteiger partial charge in [0.25, 0.3) is 0 Å². The van der Waals surface area contributed by atoms with Crippen LogP contribution in [0, 0.1) is 5.82 Å². The van der Waals surface area contributed by atoms with Gasteiger partial charge in [0.1, 0.15) is 5.82 Å². The molecule has 0 bridgehead atoms. The van der Waals surface area contributed by atoms with Gasteiger partial charge in [0.05, 0.1) is 0 Å². The molecule has 0 unspecified atom stereocenters. The topological polar surface area (TPSA) is 0 Å². The van der Waals surface area contributed by atoms with Gasteiger partial charge in [0.2, 0.25) is 0 Å². The Labute approximate surface area is 103 Å². The largest absolute Gasteiger partial charge is 0.207 e. The normalized spacial score (nSPS) is 10.4. The lowest BCUT2D eigenvalue weighted by molar-refractivity contribution is 0.624. The molecule has 0 aliphatic carbocycles. The molecule has 2 aromatic rings. The van der Waals surface area contributed by atoms with E-state index < -0.39 is 0 Å². The van der Waals surface area contributed by atoms with Crippen LogP contribution in [0.4, 0.5) is 4.39 Å². The molecule has 0 N–H and O–H groups in total. The summed E-state index contributed by atoms with van der Waals surface area (Å²) in [5.74, 6) is 0.313. The molecule has 0 amide bonds. The third kappa shape index (κ3) is 3.00. The van der Waals surface area contributed by atoms with Gasteiger partial charge in [-0.15, -0.1) is 11.6 Å². The van der Waals surface area contributed by atoms with Crippen molar-refractivity contribution in [2.45, 2.75) is 15.7 Å². The molecule has 2 rings (SSSR count). The smallest absolute Gasteiger partial charge is 0.124 e. The molecule has 0 saturated heterocycles. The van der Waals surface area contributed by atoms with E-state index in [1.54, 1.807) is 6.07 Å². The van der Waals surface area contributed by atoms with Gasteiger partial charge in [0.15, 0.2) is 0 Å². The predicted octanol–water partition coefficient (Wildman–Crippen LogP) is 4.72. The van der Waals surface area contributed by atoms with Crippen molar-refractivity contribution in [1.29, 1.82) is 0 Å². The molecule has 0 heterocycles. The maximum atomic E-state index is 13.0. The van der Waals surface area contributed by atoms with Crippen LogP contribution in [0.15, 0.2) is 58.3 Å². The van der Waals surface area contributed by atoms with Crippen LogP contribution < -0.4 is 0 Å². The Bertz CT molecular complexity index is 468. The quantitative estimate of drug-likeness (QED) is 0.713. The lowest BCUT2D eigenvalue weighted by Crippen LogP contribution is -1.79. The summed E-state index contributed by atoms with van der Waals surface area (Å²) in [6.07, 6.45) is 0. The minimum absolute atomic E-state index is 0.206. The molecule has 0 fully saturated rings. The summed E-state index contributed by atoms with van der Waals surface area (Å²) in [5, 5.41) is 0. The Morgan fingerprint density at radius 3 is 2.38 bits per heavy atom. The standard InChI is InChI=1S/C13H10ClFS/c14-9-10-4-6-12(7-5-10)16-13-3-1-2-11(15)8-13/h1-8H,9H2. The Morgan fingerprint density at radius 2 is 1.75 bits per heavy atom. The van der Waals surface area contributed by atoms with Crippen LogP contribution in [-0.2, 0) is 5.88 Å². The van der Waals surface area contributed by atoms with Gasteiger partial charge in [-0.3, -0.25) is 0 Å². The fourth-order valence-electron chi connectivity index (χ4n) is 1.31. The van der Waals surface area contributed by atoms with Crippen LogP contribution in [0.5, 0.6) is 0 Å². The molecule has 0 saturated carbocycles. The highest BCUT2D eigenvalue weighted by Crippen LogP contribution is 2.28. The zero-order chi connectivity index (χ0) is 11.4. The summed E-state index contributed by atoms with van der Waals surface area (Å²) < 4.78 is 13.0. The van der Waals surface area contributed by atoms with E-state index in [4.69, 9.17) is 11.6 Å². The Balaban J connectivity index is 2.14. The molecule has 82 valence electrons. The van der Waals surface area contributed by atoms with E-state index in [0.29, 0.717) is 5.88 Å². The van der Waals surface area contributed by atoms with Crippen molar-refractivity contribution in [2.75, 3.05) is 0 Å². The molecule has 0 aromatic heterocycles. The van der Waals surface area contributed by atoms with Crippen molar-refractivity contribution < 1.29 is 4.39 Å². The summed E-state index contributed by atoms with van der Waals surface area (Å²) >= 11 is 7.24. The fraction of sp³-hybridized carbons (Fsp3) is 0.0769. The Morgan fingerprint density at radius 1 is 1.00 bits per heavy atom. The first-order chi connectivity index (χ1) is 7.78. The molecule has 0 aliphatic heterocycles. The summed E-state index contributed by atoms with van der Waals surface area (Å²) in [7, 11) is 0. The molecular weight excluding hydrogens is 243 g/mol. The minimum atomic E-state index is -0.206. The molecule has 0 spiro atoms. The van der Waals surface area contributed by atoms with E-state index in [2.05, 4.69) is 0 Å². The average Bonchev–Trinajstić information content (AvgIpc) is 2.30. The van der Waals surface area contributed by atoms with E-state index in [1.807, 2.05) is 30.3 Å². The van der Waals surface area contributed by atoms with Gasteiger partial charge in [-0.2, -0.15) is 0 Å². The van der Waals surface area contributed by atoms with Crippen LogP contribution >= 0.6 is 23.4 Å². The number of hydrogen-bond acceptors (Lipinski definition) is 1. The Hall–Kier alpha value is -0.990. The molecule has 0 radical (unpaired) electrons. The maximum absolute atomic E-state index is 13.0. The van der Waals surface area contributed by atoms with Crippen LogP contribution in [0.2, 0.25) is 0 Å². The van der Waals surface area contributed by atoms with Crippen molar-refractivity contribution in [1.82, 2.24) is 0 Å².